The van der Waals surface area contributed by atoms with E-state index in [1.807, 2.05) is 18.3 Å². The molecule has 2 unspecified atom stereocenters. The van der Waals surface area contributed by atoms with Gasteiger partial charge < -0.3 is 4.98 Å². The number of nitrogens with zero attached hydrogens (tertiary/aromatic N) is 2. The summed E-state index contributed by atoms with van der Waals surface area (Å²) in [6.07, 6.45) is 6.35. The van der Waals surface area contributed by atoms with Gasteiger partial charge in [0.15, 0.2) is 0 Å². The van der Waals surface area contributed by atoms with E-state index in [-0.39, 0.29) is 11.9 Å². The van der Waals surface area contributed by atoms with Crippen LogP contribution in [0, 0.1) is 5.82 Å². The second-order valence-electron chi connectivity index (χ2n) is 7.95. The maximum atomic E-state index is 14.0. The Hall–Kier alpha value is -2.79. The number of aromatic nitrogens is 2. The van der Waals surface area contributed by atoms with E-state index < -0.39 is 6.17 Å². The average molecular weight is 391 g/mol. The van der Waals surface area contributed by atoms with E-state index in [0.717, 1.165) is 40.9 Å². The first kappa shape index (κ1) is 18.3. The number of aromatic amines is 1. The van der Waals surface area contributed by atoms with Gasteiger partial charge in [0.2, 0.25) is 0 Å². The fourth-order valence-electron chi connectivity index (χ4n) is 4.87. The predicted octanol–water partition coefficient (Wildman–Crippen LogP) is 5.47. The van der Waals surface area contributed by atoms with Gasteiger partial charge in [0.1, 0.15) is 12.0 Å². The first-order valence-electron chi connectivity index (χ1n) is 10.1. The Morgan fingerprint density at radius 3 is 2.59 bits per heavy atom. The third-order valence-electron chi connectivity index (χ3n) is 6.28. The SMILES string of the molecule is CC1=C(c2c[nH]c(-c3ccc(F)cc3)c2-c2ccncc2)CCN2CC(F)CC12. The smallest absolute Gasteiger partial charge is 0.123 e. The predicted molar refractivity (Wildman–Crippen MR) is 112 cm³/mol. The highest BCUT2D eigenvalue weighted by Gasteiger charge is 2.37. The second kappa shape index (κ2) is 7.23. The van der Waals surface area contributed by atoms with Crippen LogP contribution in [0.15, 0.2) is 60.6 Å². The van der Waals surface area contributed by atoms with Crippen molar-refractivity contribution in [2.75, 3.05) is 13.1 Å². The van der Waals surface area contributed by atoms with Crippen molar-refractivity contribution in [3.63, 3.8) is 0 Å². The van der Waals surface area contributed by atoms with Gasteiger partial charge in [0.05, 0.1) is 5.69 Å². The summed E-state index contributed by atoms with van der Waals surface area (Å²) in [7, 11) is 0. The molecule has 0 spiro atoms. The minimum Gasteiger partial charge on any atom is -0.360 e. The molecule has 2 aromatic heterocycles. The molecule has 4 heterocycles. The highest BCUT2D eigenvalue weighted by Crippen LogP contribution is 2.43. The van der Waals surface area contributed by atoms with Gasteiger partial charge >= 0.3 is 0 Å². The van der Waals surface area contributed by atoms with E-state index in [1.165, 1.54) is 23.3 Å². The Morgan fingerprint density at radius 2 is 1.83 bits per heavy atom. The number of fused-ring (bicyclic) bond motifs is 1. The molecule has 2 atom stereocenters. The van der Waals surface area contributed by atoms with E-state index in [2.05, 4.69) is 21.8 Å². The van der Waals surface area contributed by atoms with Gasteiger partial charge in [-0.2, -0.15) is 0 Å². The number of pyridine rings is 1. The van der Waals surface area contributed by atoms with Gasteiger partial charge in [-0.25, -0.2) is 8.78 Å². The lowest BCUT2D eigenvalue weighted by atomic mass is 9.86. The molecule has 2 aliphatic rings. The van der Waals surface area contributed by atoms with Crippen LogP contribution in [0.4, 0.5) is 8.78 Å². The van der Waals surface area contributed by atoms with Crippen LogP contribution in [-0.4, -0.2) is 40.2 Å². The Bertz CT molecular complexity index is 1050. The molecule has 5 heteroatoms. The molecule has 148 valence electrons. The molecule has 5 rings (SSSR count). The molecular weight excluding hydrogens is 368 g/mol. The Balaban J connectivity index is 1.67. The number of alkyl halides is 1. The largest absolute Gasteiger partial charge is 0.360 e. The van der Waals surface area contributed by atoms with Crippen LogP contribution in [0.2, 0.25) is 0 Å². The van der Waals surface area contributed by atoms with E-state index in [1.54, 1.807) is 24.5 Å². The molecule has 0 amide bonds. The molecule has 1 fully saturated rings. The van der Waals surface area contributed by atoms with E-state index >= 15 is 0 Å². The Kier molecular flexibility index (Phi) is 4.55. The van der Waals surface area contributed by atoms with Crippen LogP contribution in [0.1, 0.15) is 25.3 Å². The molecule has 3 aromatic rings. The normalized spacial score (nSPS) is 22.2. The van der Waals surface area contributed by atoms with Crippen molar-refractivity contribution in [1.29, 1.82) is 0 Å². The maximum Gasteiger partial charge on any atom is 0.123 e. The quantitative estimate of drug-likeness (QED) is 0.642. The maximum absolute atomic E-state index is 14.0. The first-order chi connectivity index (χ1) is 14.1. The van der Waals surface area contributed by atoms with Crippen molar-refractivity contribution in [1.82, 2.24) is 14.9 Å². The van der Waals surface area contributed by atoms with Crippen LogP contribution >= 0.6 is 0 Å². The van der Waals surface area contributed by atoms with Crippen molar-refractivity contribution in [3.05, 3.63) is 71.9 Å². The molecule has 0 aliphatic carbocycles. The number of benzene rings is 1. The van der Waals surface area contributed by atoms with Gasteiger partial charge in [0.25, 0.3) is 0 Å². The molecule has 0 bridgehead atoms. The molecule has 1 saturated heterocycles. The average Bonchev–Trinajstić information content (AvgIpc) is 3.33. The Morgan fingerprint density at radius 1 is 1.07 bits per heavy atom. The van der Waals surface area contributed by atoms with Crippen molar-refractivity contribution < 1.29 is 8.78 Å². The van der Waals surface area contributed by atoms with Crippen LogP contribution in [0.5, 0.6) is 0 Å². The monoisotopic (exact) mass is 391 g/mol. The zero-order chi connectivity index (χ0) is 20.0. The molecular formula is C24H23F2N3. The zero-order valence-electron chi connectivity index (χ0n) is 16.3. The highest BCUT2D eigenvalue weighted by atomic mass is 19.1. The summed E-state index contributed by atoms with van der Waals surface area (Å²) in [5.74, 6) is -0.251. The van der Waals surface area contributed by atoms with E-state index in [9.17, 15) is 8.78 Å². The number of hydrogen-bond acceptors (Lipinski definition) is 2. The van der Waals surface area contributed by atoms with Crippen molar-refractivity contribution >= 4 is 5.57 Å². The third kappa shape index (κ3) is 3.19. The number of halogens is 2. The summed E-state index contributed by atoms with van der Waals surface area (Å²) < 4.78 is 27.5. The Labute approximate surface area is 169 Å². The van der Waals surface area contributed by atoms with Crippen molar-refractivity contribution in [2.24, 2.45) is 0 Å². The van der Waals surface area contributed by atoms with Crippen LogP contribution in [-0.2, 0) is 0 Å². The number of rotatable bonds is 3. The van der Waals surface area contributed by atoms with Gasteiger partial charge in [-0.1, -0.05) is 5.57 Å². The van der Waals surface area contributed by atoms with Gasteiger partial charge in [-0.05, 0) is 72.9 Å². The molecule has 2 aliphatic heterocycles. The summed E-state index contributed by atoms with van der Waals surface area (Å²) in [6, 6.07) is 10.7. The summed E-state index contributed by atoms with van der Waals surface area (Å²) in [5.41, 5.74) is 7.75. The first-order valence-corrected chi connectivity index (χ1v) is 10.1. The summed E-state index contributed by atoms with van der Waals surface area (Å²) in [4.78, 5) is 9.86. The van der Waals surface area contributed by atoms with E-state index in [0.29, 0.717) is 13.0 Å². The van der Waals surface area contributed by atoms with Crippen molar-refractivity contribution in [3.8, 4) is 22.4 Å². The minimum atomic E-state index is -0.741. The van der Waals surface area contributed by atoms with Crippen LogP contribution in [0.25, 0.3) is 28.0 Å². The molecule has 0 radical (unpaired) electrons. The van der Waals surface area contributed by atoms with E-state index in [4.69, 9.17) is 0 Å². The van der Waals surface area contributed by atoms with Crippen molar-refractivity contribution in [2.45, 2.75) is 32.0 Å². The standard InChI is InChI=1S/C24H23F2N3/c1-15-20(8-11-29-14-19(26)12-22(15)29)21-13-28-24(17-2-4-18(25)5-3-17)23(21)16-6-9-27-10-7-16/h2-7,9-10,13,19,22,28H,8,11-12,14H2,1H3. The summed E-state index contributed by atoms with van der Waals surface area (Å²) >= 11 is 0. The summed E-state index contributed by atoms with van der Waals surface area (Å²) in [5, 5.41) is 0. The third-order valence-corrected chi connectivity index (χ3v) is 6.28. The molecule has 0 saturated carbocycles. The number of hydrogen-bond donors (Lipinski definition) is 1. The fraction of sp³-hybridized carbons (Fsp3) is 0.292. The number of H-pyrrole nitrogens is 1. The molecule has 1 N–H and O–H groups in total. The van der Waals surface area contributed by atoms with Gasteiger partial charge in [-0.3, -0.25) is 9.88 Å². The second-order valence-corrected chi connectivity index (χ2v) is 7.95. The highest BCUT2D eigenvalue weighted by molar-refractivity contribution is 5.92. The molecule has 3 nitrogen and oxygen atoms in total. The van der Waals surface area contributed by atoms with Gasteiger partial charge in [-0.15, -0.1) is 0 Å². The molecule has 1 aromatic carbocycles. The lowest BCUT2D eigenvalue weighted by Gasteiger charge is -2.32. The van der Waals surface area contributed by atoms with Crippen LogP contribution < -0.4 is 0 Å². The molecule has 29 heavy (non-hydrogen) atoms. The topological polar surface area (TPSA) is 31.9 Å². The lowest BCUT2D eigenvalue weighted by Crippen LogP contribution is -2.35. The lowest BCUT2D eigenvalue weighted by molar-refractivity contribution is 0.259. The fourth-order valence-corrected chi connectivity index (χ4v) is 4.87. The number of nitrogens with one attached hydrogen (secondary N) is 1. The van der Waals surface area contributed by atoms with Gasteiger partial charge in [0, 0.05) is 48.8 Å². The van der Waals surface area contributed by atoms with Crippen LogP contribution in [0.3, 0.4) is 0 Å². The minimum absolute atomic E-state index is 0.184. The zero-order valence-corrected chi connectivity index (χ0v) is 16.3. The summed E-state index contributed by atoms with van der Waals surface area (Å²) in [6.45, 7) is 3.57.